The number of imide groups is 1. The monoisotopic (exact) mass is 412 g/mol. The molecule has 2 aliphatic heterocycles. The molecule has 6 heteroatoms. The van der Waals surface area contributed by atoms with Gasteiger partial charge in [0.2, 0.25) is 6.79 Å². The van der Waals surface area contributed by atoms with Crippen molar-refractivity contribution in [1.29, 1.82) is 0 Å². The van der Waals surface area contributed by atoms with Crippen molar-refractivity contribution in [3.63, 3.8) is 0 Å². The maximum atomic E-state index is 13.5. The van der Waals surface area contributed by atoms with Gasteiger partial charge in [-0.25, -0.2) is 4.90 Å². The van der Waals surface area contributed by atoms with Gasteiger partial charge in [-0.2, -0.15) is 0 Å². The molecule has 0 spiro atoms. The lowest BCUT2D eigenvalue weighted by molar-refractivity contribution is -0.120. The molecular weight excluding hydrogens is 392 g/mol. The lowest BCUT2D eigenvalue weighted by Crippen LogP contribution is -2.32. The fourth-order valence-electron chi connectivity index (χ4n) is 3.75. The van der Waals surface area contributed by atoms with Crippen LogP contribution in [0.3, 0.4) is 0 Å². The second-order valence-corrected chi connectivity index (χ2v) is 7.59. The van der Waals surface area contributed by atoms with Gasteiger partial charge in [-0.05, 0) is 49.2 Å². The SMILES string of the molecule is Cc1ccc(C2=C(Nc3ccc4c(c3)OCO4)C(=O)N(c3cccc(C)c3)C2=O)cc1. The molecular formula is C25H20N2O4. The standard InChI is InChI=1S/C25H20N2O4/c1-15-6-8-17(9-7-15)22-23(26-18-10-11-20-21(13-18)31-14-30-20)25(29)27(24(22)28)19-5-3-4-16(2)12-19/h3-13,26H,14H2,1-2H3. The molecule has 2 heterocycles. The summed E-state index contributed by atoms with van der Waals surface area (Å²) in [6.45, 7) is 4.06. The Labute approximate surface area is 179 Å². The number of carbonyl (C=O) groups excluding carboxylic acids is 2. The molecule has 0 saturated heterocycles. The van der Waals surface area contributed by atoms with Crippen molar-refractivity contribution in [1.82, 2.24) is 0 Å². The van der Waals surface area contributed by atoms with Crippen LogP contribution in [0.4, 0.5) is 11.4 Å². The van der Waals surface area contributed by atoms with Crippen molar-refractivity contribution in [2.24, 2.45) is 0 Å². The summed E-state index contributed by atoms with van der Waals surface area (Å²) in [5.74, 6) is 0.481. The number of fused-ring (bicyclic) bond motifs is 1. The number of amides is 2. The van der Waals surface area contributed by atoms with Crippen LogP contribution in [0.15, 0.2) is 72.4 Å². The van der Waals surface area contributed by atoms with Crippen LogP contribution in [0.5, 0.6) is 11.5 Å². The normalized spacial score (nSPS) is 15.1. The molecule has 0 saturated carbocycles. The third kappa shape index (κ3) is 3.32. The minimum atomic E-state index is -0.399. The van der Waals surface area contributed by atoms with Crippen LogP contribution in [0, 0.1) is 13.8 Å². The predicted octanol–water partition coefficient (Wildman–Crippen LogP) is 4.43. The van der Waals surface area contributed by atoms with Crippen LogP contribution in [-0.2, 0) is 9.59 Å². The summed E-state index contributed by atoms with van der Waals surface area (Å²) in [6, 6.07) is 20.2. The smallest absolute Gasteiger partial charge is 0.282 e. The first-order valence-corrected chi connectivity index (χ1v) is 9.95. The molecule has 0 fully saturated rings. The second-order valence-electron chi connectivity index (χ2n) is 7.59. The van der Waals surface area contributed by atoms with E-state index in [4.69, 9.17) is 9.47 Å². The van der Waals surface area contributed by atoms with Gasteiger partial charge in [0.05, 0.1) is 11.3 Å². The van der Waals surface area contributed by atoms with E-state index in [1.807, 2.05) is 56.3 Å². The van der Waals surface area contributed by atoms with Crippen LogP contribution >= 0.6 is 0 Å². The maximum absolute atomic E-state index is 13.5. The highest BCUT2D eigenvalue weighted by molar-refractivity contribution is 6.46. The summed E-state index contributed by atoms with van der Waals surface area (Å²) in [5, 5.41) is 3.16. The van der Waals surface area contributed by atoms with Gasteiger partial charge < -0.3 is 14.8 Å². The molecule has 2 amide bonds. The number of nitrogens with one attached hydrogen (secondary N) is 1. The first kappa shape index (κ1) is 18.9. The number of aryl methyl sites for hydroxylation is 2. The van der Waals surface area contributed by atoms with Crippen LogP contribution < -0.4 is 19.7 Å². The highest BCUT2D eigenvalue weighted by Gasteiger charge is 2.40. The van der Waals surface area contributed by atoms with E-state index in [2.05, 4.69) is 5.32 Å². The van der Waals surface area contributed by atoms with Crippen molar-refractivity contribution in [3.8, 4) is 11.5 Å². The molecule has 0 aromatic heterocycles. The number of carbonyl (C=O) groups is 2. The molecule has 1 N–H and O–H groups in total. The zero-order valence-electron chi connectivity index (χ0n) is 17.1. The number of rotatable bonds is 4. The molecule has 154 valence electrons. The van der Waals surface area contributed by atoms with Crippen molar-refractivity contribution in [3.05, 3.63) is 89.1 Å². The third-order valence-electron chi connectivity index (χ3n) is 5.33. The lowest BCUT2D eigenvalue weighted by atomic mass is 10.0. The molecule has 31 heavy (non-hydrogen) atoms. The molecule has 0 unspecified atom stereocenters. The minimum Gasteiger partial charge on any atom is -0.454 e. The summed E-state index contributed by atoms with van der Waals surface area (Å²) in [7, 11) is 0. The van der Waals surface area contributed by atoms with Crippen LogP contribution in [0.1, 0.15) is 16.7 Å². The summed E-state index contributed by atoms with van der Waals surface area (Å²) in [4.78, 5) is 28.1. The molecule has 2 aliphatic rings. The van der Waals surface area contributed by atoms with Gasteiger partial charge in [-0.1, -0.05) is 42.0 Å². The van der Waals surface area contributed by atoms with Crippen molar-refractivity contribution in [2.75, 3.05) is 17.0 Å². The van der Waals surface area contributed by atoms with Gasteiger partial charge in [0, 0.05) is 11.8 Å². The second kappa shape index (κ2) is 7.32. The largest absolute Gasteiger partial charge is 0.454 e. The Morgan fingerprint density at radius 2 is 1.58 bits per heavy atom. The number of anilines is 2. The van der Waals surface area contributed by atoms with E-state index < -0.39 is 5.91 Å². The number of hydrogen-bond donors (Lipinski definition) is 1. The summed E-state index contributed by atoms with van der Waals surface area (Å²) in [5.41, 5.74) is 4.47. The first-order valence-electron chi connectivity index (χ1n) is 9.95. The van der Waals surface area contributed by atoms with Crippen LogP contribution in [-0.4, -0.2) is 18.6 Å². The van der Waals surface area contributed by atoms with E-state index in [0.717, 1.165) is 11.1 Å². The van der Waals surface area contributed by atoms with Crippen LogP contribution in [0.25, 0.3) is 5.57 Å². The van der Waals surface area contributed by atoms with Crippen LogP contribution in [0.2, 0.25) is 0 Å². The van der Waals surface area contributed by atoms with E-state index in [1.54, 1.807) is 24.3 Å². The average Bonchev–Trinajstić information content (AvgIpc) is 3.31. The van der Waals surface area contributed by atoms with Gasteiger partial charge in [0.25, 0.3) is 11.8 Å². The summed E-state index contributed by atoms with van der Waals surface area (Å²) < 4.78 is 10.8. The van der Waals surface area contributed by atoms with E-state index in [-0.39, 0.29) is 18.4 Å². The first-order chi connectivity index (χ1) is 15.0. The molecule has 3 aromatic carbocycles. The highest BCUT2D eigenvalue weighted by Crippen LogP contribution is 2.37. The summed E-state index contributed by atoms with van der Waals surface area (Å²) in [6.07, 6.45) is 0. The van der Waals surface area contributed by atoms with E-state index in [9.17, 15) is 9.59 Å². The number of hydrogen-bond acceptors (Lipinski definition) is 5. The highest BCUT2D eigenvalue weighted by atomic mass is 16.7. The molecule has 0 aliphatic carbocycles. The number of ether oxygens (including phenoxy) is 2. The quantitative estimate of drug-likeness (QED) is 0.642. The molecule has 0 radical (unpaired) electrons. The minimum absolute atomic E-state index is 0.161. The number of benzene rings is 3. The van der Waals surface area contributed by atoms with Gasteiger partial charge in [0.1, 0.15) is 5.70 Å². The molecule has 3 aromatic rings. The van der Waals surface area contributed by atoms with E-state index in [0.29, 0.717) is 34.0 Å². The summed E-state index contributed by atoms with van der Waals surface area (Å²) >= 11 is 0. The maximum Gasteiger partial charge on any atom is 0.282 e. The van der Waals surface area contributed by atoms with E-state index in [1.165, 1.54) is 4.90 Å². The molecule has 0 bridgehead atoms. The average molecular weight is 412 g/mol. The lowest BCUT2D eigenvalue weighted by Gasteiger charge is -2.16. The van der Waals surface area contributed by atoms with E-state index >= 15 is 0 Å². The van der Waals surface area contributed by atoms with Gasteiger partial charge in [-0.3, -0.25) is 9.59 Å². The molecule has 5 rings (SSSR count). The van der Waals surface area contributed by atoms with Gasteiger partial charge in [0.15, 0.2) is 11.5 Å². The Balaban J connectivity index is 1.60. The zero-order valence-corrected chi connectivity index (χ0v) is 17.1. The number of nitrogens with zero attached hydrogens (tertiary/aromatic N) is 1. The Bertz CT molecular complexity index is 1240. The fourth-order valence-corrected chi connectivity index (χ4v) is 3.75. The Morgan fingerprint density at radius 1 is 0.806 bits per heavy atom. The Morgan fingerprint density at radius 3 is 2.35 bits per heavy atom. The third-order valence-corrected chi connectivity index (χ3v) is 5.33. The fraction of sp³-hybridized carbons (Fsp3) is 0.120. The Kier molecular flexibility index (Phi) is 4.47. The van der Waals surface area contributed by atoms with Crippen molar-refractivity contribution >= 4 is 28.8 Å². The zero-order chi connectivity index (χ0) is 21.5. The molecule has 6 nitrogen and oxygen atoms in total. The van der Waals surface area contributed by atoms with Gasteiger partial charge >= 0.3 is 0 Å². The topological polar surface area (TPSA) is 67.9 Å². The molecule has 0 atom stereocenters. The Hall–Kier alpha value is -4.06. The van der Waals surface area contributed by atoms with Gasteiger partial charge in [-0.15, -0.1) is 0 Å². The van der Waals surface area contributed by atoms with Crippen molar-refractivity contribution < 1.29 is 19.1 Å². The van der Waals surface area contributed by atoms with Crippen molar-refractivity contribution in [2.45, 2.75) is 13.8 Å². The predicted molar refractivity (Wildman–Crippen MR) is 118 cm³/mol.